The first-order chi connectivity index (χ1) is 11.6. The van der Waals surface area contributed by atoms with Gasteiger partial charge in [0.1, 0.15) is 6.04 Å². The number of ether oxygens (including phenoxy) is 2. The highest BCUT2D eigenvalue weighted by atomic mass is 32.2. The van der Waals surface area contributed by atoms with Crippen molar-refractivity contribution >= 4 is 22.0 Å². The molecule has 0 amide bonds. The zero-order valence-electron chi connectivity index (χ0n) is 14.6. The molecule has 0 saturated heterocycles. The summed E-state index contributed by atoms with van der Waals surface area (Å²) in [5, 5.41) is 9.18. The van der Waals surface area contributed by atoms with Crippen LogP contribution in [0, 0.1) is 5.92 Å². The van der Waals surface area contributed by atoms with Gasteiger partial charge in [-0.2, -0.15) is 4.72 Å². The Morgan fingerprint density at radius 2 is 1.88 bits per heavy atom. The minimum atomic E-state index is -4.16. The number of carbonyl (C=O) groups is 2. The van der Waals surface area contributed by atoms with E-state index in [1.165, 1.54) is 19.2 Å². The molecule has 0 saturated carbocycles. The number of aliphatic carboxylic acids is 1. The molecule has 0 aliphatic heterocycles. The van der Waals surface area contributed by atoms with E-state index in [0.717, 1.165) is 6.07 Å². The Hall–Kier alpha value is -1.97. The molecule has 1 aromatic carbocycles. The van der Waals surface area contributed by atoms with Crippen molar-refractivity contribution in [3.8, 4) is 0 Å². The molecule has 2 N–H and O–H groups in total. The molecule has 9 heteroatoms. The van der Waals surface area contributed by atoms with Crippen LogP contribution in [0.15, 0.2) is 23.1 Å². The summed E-state index contributed by atoms with van der Waals surface area (Å²) in [6.45, 7) is 5.04. The minimum Gasteiger partial charge on any atom is -0.480 e. The summed E-state index contributed by atoms with van der Waals surface area (Å²) >= 11 is 0. The number of benzene rings is 1. The molecule has 0 heterocycles. The third-order valence-electron chi connectivity index (χ3n) is 3.31. The number of hydrogen-bond acceptors (Lipinski definition) is 6. The van der Waals surface area contributed by atoms with Crippen molar-refractivity contribution in [2.75, 3.05) is 13.7 Å². The summed E-state index contributed by atoms with van der Waals surface area (Å²) in [5.74, 6) is -2.41. The van der Waals surface area contributed by atoms with E-state index in [4.69, 9.17) is 9.47 Å². The van der Waals surface area contributed by atoms with E-state index in [0.29, 0.717) is 5.56 Å². The lowest BCUT2D eigenvalue weighted by Gasteiger charge is -2.18. The van der Waals surface area contributed by atoms with Crippen molar-refractivity contribution in [2.24, 2.45) is 5.92 Å². The third-order valence-corrected chi connectivity index (χ3v) is 4.73. The molecule has 0 aromatic heterocycles. The topological polar surface area (TPSA) is 119 Å². The van der Waals surface area contributed by atoms with Crippen LogP contribution in [-0.4, -0.2) is 45.2 Å². The van der Waals surface area contributed by atoms with Crippen LogP contribution in [0.4, 0.5) is 0 Å². The first-order valence-corrected chi connectivity index (χ1v) is 9.15. The van der Waals surface area contributed by atoms with E-state index in [-0.39, 0.29) is 23.7 Å². The second-order valence-electron chi connectivity index (χ2n) is 5.70. The van der Waals surface area contributed by atoms with Crippen LogP contribution in [0.25, 0.3) is 0 Å². The Labute approximate surface area is 147 Å². The highest BCUT2D eigenvalue weighted by Gasteiger charge is 2.29. The number of methoxy groups -OCH3 is 1. The summed E-state index contributed by atoms with van der Waals surface area (Å²) in [6.07, 6.45) is 0. The van der Waals surface area contributed by atoms with Crippen LogP contribution < -0.4 is 4.72 Å². The van der Waals surface area contributed by atoms with Crippen molar-refractivity contribution in [2.45, 2.75) is 38.3 Å². The van der Waals surface area contributed by atoms with E-state index < -0.39 is 33.9 Å². The second kappa shape index (κ2) is 8.93. The highest BCUT2D eigenvalue weighted by Crippen LogP contribution is 2.18. The predicted octanol–water partition coefficient (Wildman–Crippen LogP) is 1.40. The molecule has 1 atom stereocenters. The van der Waals surface area contributed by atoms with Gasteiger partial charge in [-0.15, -0.1) is 0 Å². The van der Waals surface area contributed by atoms with E-state index in [1.807, 2.05) is 0 Å². The van der Waals surface area contributed by atoms with Crippen molar-refractivity contribution in [1.29, 1.82) is 0 Å². The standard InChI is InChI=1S/C16H23NO7S/c1-5-24-16(20)12-6-11(9-23-4)7-13(8-12)25(21,22)17-14(10(2)3)15(18)19/h6-8,10,14,17H,5,9H2,1-4H3,(H,18,19)/t14-/m0/s1. The average molecular weight is 373 g/mol. The molecule has 140 valence electrons. The molecular formula is C16H23NO7S. The zero-order valence-corrected chi connectivity index (χ0v) is 15.4. The molecule has 1 aromatic rings. The Kier molecular flexibility index (Phi) is 7.53. The number of esters is 1. The molecule has 0 unspecified atom stereocenters. The van der Waals surface area contributed by atoms with Crippen LogP contribution in [0.5, 0.6) is 0 Å². The molecule has 0 aliphatic carbocycles. The van der Waals surface area contributed by atoms with E-state index in [1.54, 1.807) is 20.8 Å². The molecule has 1 rings (SSSR count). The molecule has 8 nitrogen and oxygen atoms in total. The van der Waals surface area contributed by atoms with Gasteiger partial charge in [0.15, 0.2) is 0 Å². The number of carboxylic acid groups (broad SMARTS) is 1. The maximum atomic E-state index is 12.6. The lowest BCUT2D eigenvalue weighted by atomic mass is 10.1. The maximum Gasteiger partial charge on any atom is 0.338 e. The predicted molar refractivity (Wildman–Crippen MR) is 89.7 cm³/mol. The molecular weight excluding hydrogens is 350 g/mol. The lowest BCUT2D eigenvalue weighted by molar-refractivity contribution is -0.140. The van der Waals surface area contributed by atoms with Gasteiger partial charge in [0.2, 0.25) is 10.0 Å². The molecule has 0 fully saturated rings. The highest BCUT2D eigenvalue weighted by molar-refractivity contribution is 7.89. The van der Waals surface area contributed by atoms with E-state index >= 15 is 0 Å². The largest absolute Gasteiger partial charge is 0.480 e. The van der Waals surface area contributed by atoms with Crippen molar-refractivity contribution in [3.05, 3.63) is 29.3 Å². The van der Waals surface area contributed by atoms with E-state index in [2.05, 4.69) is 4.72 Å². The number of carbonyl (C=O) groups excluding carboxylic acids is 1. The smallest absolute Gasteiger partial charge is 0.338 e. The van der Waals surface area contributed by atoms with Gasteiger partial charge in [0, 0.05) is 7.11 Å². The van der Waals surface area contributed by atoms with Gasteiger partial charge in [-0.25, -0.2) is 13.2 Å². The fourth-order valence-electron chi connectivity index (χ4n) is 2.10. The fraction of sp³-hybridized carbons (Fsp3) is 0.500. The molecule has 25 heavy (non-hydrogen) atoms. The van der Waals surface area contributed by atoms with Gasteiger partial charge >= 0.3 is 11.9 Å². The summed E-state index contributed by atoms with van der Waals surface area (Å²) in [7, 11) is -2.72. The summed E-state index contributed by atoms with van der Waals surface area (Å²) in [5.41, 5.74) is 0.498. The lowest BCUT2D eigenvalue weighted by Crippen LogP contribution is -2.44. The molecule has 0 radical (unpaired) electrons. The third kappa shape index (κ3) is 5.80. The first kappa shape index (κ1) is 21.1. The number of carboxylic acids is 1. The van der Waals surface area contributed by atoms with Crippen molar-refractivity contribution < 1.29 is 32.6 Å². The quantitative estimate of drug-likeness (QED) is 0.628. The second-order valence-corrected chi connectivity index (χ2v) is 7.41. The Morgan fingerprint density at radius 1 is 1.24 bits per heavy atom. The van der Waals surface area contributed by atoms with Gasteiger partial charge < -0.3 is 14.6 Å². The monoisotopic (exact) mass is 373 g/mol. The van der Waals surface area contributed by atoms with Crippen molar-refractivity contribution in [3.63, 3.8) is 0 Å². The minimum absolute atomic E-state index is 0.0493. The summed E-state index contributed by atoms with van der Waals surface area (Å²) in [6, 6.07) is 2.66. The van der Waals surface area contributed by atoms with E-state index in [9.17, 15) is 23.1 Å². The van der Waals surface area contributed by atoms with Gasteiger partial charge in [0.25, 0.3) is 0 Å². The fourth-order valence-corrected chi connectivity index (χ4v) is 3.54. The van der Waals surface area contributed by atoms with Crippen LogP contribution in [0.3, 0.4) is 0 Å². The van der Waals surface area contributed by atoms with Crippen LogP contribution in [0.2, 0.25) is 0 Å². The van der Waals surface area contributed by atoms with Gasteiger partial charge in [-0.3, -0.25) is 4.79 Å². The van der Waals surface area contributed by atoms with Crippen molar-refractivity contribution in [1.82, 2.24) is 4.72 Å². The van der Waals surface area contributed by atoms with Crippen LogP contribution in [0.1, 0.15) is 36.7 Å². The maximum absolute atomic E-state index is 12.6. The van der Waals surface area contributed by atoms with Crippen LogP contribution >= 0.6 is 0 Å². The summed E-state index contributed by atoms with van der Waals surface area (Å²) in [4.78, 5) is 23.0. The zero-order chi connectivity index (χ0) is 19.2. The average Bonchev–Trinajstić information content (AvgIpc) is 2.52. The SMILES string of the molecule is CCOC(=O)c1cc(COC)cc(S(=O)(=O)N[C@H](C(=O)O)C(C)C)c1. The number of nitrogens with one attached hydrogen (secondary N) is 1. The molecule has 0 bridgehead atoms. The number of hydrogen-bond donors (Lipinski definition) is 2. The van der Waals surface area contributed by atoms with Gasteiger partial charge in [-0.1, -0.05) is 13.8 Å². The number of rotatable bonds is 9. The Balaban J connectivity index is 3.32. The normalized spacial score (nSPS) is 12.8. The number of sulfonamides is 1. The van der Waals surface area contributed by atoms with Gasteiger partial charge in [0.05, 0.1) is 23.7 Å². The molecule has 0 aliphatic rings. The first-order valence-electron chi connectivity index (χ1n) is 7.67. The van der Waals surface area contributed by atoms with Crippen LogP contribution in [-0.2, 0) is 30.9 Å². The Morgan fingerprint density at radius 3 is 2.36 bits per heavy atom. The van der Waals surface area contributed by atoms with Gasteiger partial charge in [-0.05, 0) is 36.6 Å². The summed E-state index contributed by atoms with van der Waals surface area (Å²) < 4.78 is 37.2. The molecule has 0 spiro atoms. The Bertz CT molecular complexity index is 728.